The van der Waals surface area contributed by atoms with Gasteiger partial charge in [0, 0.05) is 6.20 Å². The molecule has 0 N–H and O–H groups in total. The second kappa shape index (κ2) is 3.07. The predicted molar refractivity (Wildman–Crippen MR) is 51.1 cm³/mol. The largest absolute Gasteiger partial charge is 0.249 e. The van der Waals surface area contributed by atoms with Crippen molar-refractivity contribution in [3.8, 4) is 10.4 Å². The first-order valence-corrected chi connectivity index (χ1v) is 4.57. The van der Waals surface area contributed by atoms with Gasteiger partial charge in [0.15, 0.2) is 0 Å². The normalized spacial score (nSPS) is 10.1. The van der Waals surface area contributed by atoms with Gasteiger partial charge in [-0.25, -0.2) is 4.98 Å². The fraction of sp³-hybridized carbons (Fsp3) is 0.100. The minimum atomic E-state index is 1.11. The summed E-state index contributed by atoms with van der Waals surface area (Å²) in [4.78, 5) is 5.41. The van der Waals surface area contributed by atoms with Gasteiger partial charge >= 0.3 is 0 Å². The van der Waals surface area contributed by atoms with Crippen molar-refractivity contribution < 1.29 is 0 Å². The highest BCUT2D eigenvalue weighted by atomic mass is 32.1. The molecule has 1 aromatic carbocycles. The van der Waals surface area contributed by atoms with E-state index in [1.165, 1.54) is 10.4 Å². The highest BCUT2D eigenvalue weighted by Crippen LogP contribution is 2.24. The third-order valence-electron chi connectivity index (χ3n) is 1.61. The fourth-order valence-electron chi connectivity index (χ4n) is 1.04. The van der Waals surface area contributed by atoms with Crippen LogP contribution < -0.4 is 0 Å². The van der Waals surface area contributed by atoms with Crippen LogP contribution >= 0.6 is 11.3 Å². The fourth-order valence-corrected chi connectivity index (χ4v) is 1.82. The second-order valence-corrected chi connectivity index (χ2v) is 3.77. The van der Waals surface area contributed by atoms with E-state index in [1.807, 2.05) is 31.3 Å². The molecular weight excluding hydrogens is 166 g/mol. The Morgan fingerprint density at radius 3 is 3.00 bits per heavy atom. The van der Waals surface area contributed by atoms with Crippen molar-refractivity contribution >= 4 is 11.3 Å². The number of thiazole rings is 1. The van der Waals surface area contributed by atoms with E-state index in [0.29, 0.717) is 0 Å². The lowest BCUT2D eigenvalue weighted by Gasteiger charge is -1.92. The van der Waals surface area contributed by atoms with Crippen LogP contribution in [0.1, 0.15) is 5.01 Å². The molecular formula is C10H8NS. The summed E-state index contributed by atoms with van der Waals surface area (Å²) in [7, 11) is 0. The van der Waals surface area contributed by atoms with Crippen LogP contribution in [0.25, 0.3) is 10.4 Å². The average molecular weight is 174 g/mol. The molecule has 1 heterocycles. The number of hydrogen-bond donors (Lipinski definition) is 0. The highest BCUT2D eigenvalue weighted by Gasteiger charge is 1.99. The van der Waals surface area contributed by atoms with E-state index >= 15 is 0 Å². The van der Waals surface area contributed by atoms with Crippen molar-refractivity contribution in [3.63, 3.8) is 0 Å². The van der Waals surface area contributed by atoms with E-state index in [-0.39, 0.29) is 0 Å². The summed E-state index contributed by atoms with van der Waals surface area (Å²) in [6, 6.07) is 11.0. The maximum absolute atomic E-state index is 4.20. The molecule has 12 heavy (non-hydrogen) atoms. The van der Waals surface area contributed by atoms with Gasteiger partial charge in [-0.3, -0.25) is 0 Å². The first kappa shape index (κ1) is 7.50. The zero-order valence-corrected chi connectivity index (χ0v) is 7.56. The van der Waals surface area contributed by atoms with Crippen molar-refractivity contribution in [2.24, 2.45) is 0 Å². The molecule has 0 aliphatic heterocycles. The average Bonchev–Trinajstić information content (AvgIpc) is 2.54. The Bertz CT molecular complexity index is 364. The van der Waals surface area contributed by atoms with Gasteiger partial charge < -0.3 is 0 Å². The molecule has 0 amide bonds. The summed E-state index contributed by atoms with van der Waals surface area (Å²) in [5.74, 6) is 0. The van der Waals surface area contributed by atoms with Crippen LogP contribution in [0, 0.1) is 13.0 Å². The van der Waals surface area contributed by atoms with Gasteiger partial charge in [-0.2, -0.15) is 0 Å². The smallest absolute Gasteiger partial charge is 0.0900 e. The highest BCUT2D eigenvalue weighted by molar-refractivity contribution is 7.15. The van der Waals surface area contributed by atoms with Crippen LogP contribution in [0.2, 0.25) is 0 Å². The molecule has 0 fully saturated rings. The topological polar surface area (TPSA) is 12.9 Å². The maximum Gasteiger partial charge on any atom is 0.0900 e. The summed E-state index contributed by atoms with van der Waals surface area (Å²) in [6.45, 7) is 2.01. The van der Waals surface area contributed by atoms with E-state index in [1.54, 1.807) is 11.3 Å². The van der Waals surface area contributed by atoms with Gasteiger partial charge in [-0.15, -0.1) is 11.3 Å². The van der Waals surface area contributed by atoms with Crippen molar-refractivity contribution in [1.29, 1.82) is 0 Å². The van der Waals surface area contributed by atoms with Crippen LogP contribution in [-0.2, 0) is 0 Å². The van der Waals surface area contributed by atoms with Crippen molar-refractivity contribution in [1.82, 2.24) is 4.98 Å². The molecule has 0 saturated carbocycles. The zero-order valence-electron chi connectivity index (χ0n) is 6.74. The molecule has 0 unspecified atom stereocenters. The zero-order chi connectivity index (χ0) is 8.39. The minimum Gasteiger partial charge on any atom is -0.249 e. The van der Waals surface area contributed by atoms with Crippen LogP contribution in [0.5, 0.6) is 0 Å². The third kappa shape index (κ3) is 1.38. The number of hydrogen-bond acceptors (Lipinski definition) is 2. The van der Waals surface area contributed by atoms with Crippen LogP contribution in [0.15, 0.2) is 30.5 Å². The first-order valence-electron chi connectivity index (χ1n) is 3.75. The number of rotatable bonds is 1. The molecule has 1 nitrogen and oxygen atoms in total. The van der Waals surface area contributed by atoms with E-state index in [9.17, 15) is 0 Å². The molecule has 0 bridgehead atoms. The molecule has 2 heteroatoms. The second-order valence-electron chi connectivity index (χ2n) is 2.54. The summed E-state index contributed by atoms with van der Waals surface area (Å²) in [5, 5.41) is 1.11. The van der Waals surface area contributed by atoms with Crippen molar-refractivity contribution in [2.75, 3.05) is 0 Å². The van der Waals surface area contributed by atoms with E-state index in [2.05, 4.69) is 17.1 Å². The van der Waals surface area contributed by atoms with Gasteiger partial charge in [-0.05, 0) is 24.6 Å². The predicted octanol–water partition coefficient (Wildman–Crippen LogP) is 2.92. The molecule has 0 saturated heterocycles. The van der Waals surface area contributed by atoms with Crippen LogP contribution in [0.3, 0.4) is 0 Å². The van der Waals surface area contributed by atoms with Crippen LogP contribution in [-0.4, -0.2) is 4.98 Å². The molecule has 59 valence electrons. The van der Waals surface area contributed by atoms with Gasteiger partial charge in [0.05, 0.1) is 9.88 Å². The van der Waals surface area contributed by atoms with E-state index in [0.717, 1.165) is 5.01 Å². The van der Waals surface area contributed by atoms with Gasteiger partial charge in [-0.1, -0.05) is 18.2 Å². The quantitative estimate of drug-likeness (QED) is 0.647. The number of benzene rings is 1. The van der Waals surface area contributed by atoms with Gasteiger partial charge in [0.1, 0.15) is 0 Å². The Kier molecular flexibility index (Phi) is 1.92. The minimum absolute atomic E-state index is 1.11. The van der Waals surface area contributed by atoms with Gasteiger partial charge in [0.25, 0.3) is 0 Å². The number of aromatic nitrogens is 1. The lowest BCUT2D eigenvalue weighted by Crippen LogP contribution is -1.68. The summed E-state index contributed by atoms with van der Waals surface area (Å²) in [6.07, 6.45) is 1.91. The van der Waals surface area contributed by atoms with E-state index < -0.39 is 0 Å². The maximum atomic E-state index is 4.20. The number of aryl methyl sites for hydroxylation is 1. The molecule has 2 aromatic rings. The standard InChI is InChI=1S/C10H8NS/c1-8-11-7-10(12-8)9-5-3-2-4-6-9/h2-3,5-7H,1H3. The summed E-state index contributed by atoms with van der Waals surface area (Å²) >= 11 is 1.71. The number of nitrogens with zero attached hydrogens (tertiary/aromatic N) is 1. The third-order valence-corrected chi connectivity index (χ3v) is 2.57. The molecule has 1 aromatic heterocycles. The lowest BCUT2D eigenvalue weighted by molar-refractivity contribution is 1.30. The van der Waals surface area contributed by atoms with E-state index in [4.69, 9.17) is 0 Å². The molecule has 1 radical (unpaired) electrons. The van der Waals surface area contributed by atoms with Gasteiger partial charge in [0.2, 0.25) is 0 Å². The molecule has 0 spiro atoms. The van der Waals surface area contributed by atoms with Crippen LogP contribution in [0.4, 0.5) is 0 Å². The Labute approximate surface area is 75.7 Å². The SMILES string of the molecule is Cc1ncc(-c2c[c]ccc2)s1. The monoisotopic (exact) mass is 174 g/mol. The molecule has 0 atom stereocenters. The molecule has 0 aliphatic carbocycles. The molecule has 0 aliphatic rings. The Morgan fingerprint density at radius 2 is 2.42 bits per heavy atom. The summed E-state index contributed by atoms with van der Waals surface area (Å²) < 4.78 is 0. The molecule has 2 rings (SSSR count). The Balaban J connectivity index is 2.45. The first-order chi connectivity index (χ1) is 5.86. The van der Waals surface area contributed by atoms with Crippen molar-refractivity contribution in [3.05, 3.63) is 41.5 Å². The Hall–Kier alpha value is -1.15. The van der Waals surface area contributed by atoms with Crippen molar-refractivity contribution in [2.45, 2.75) is 6.92 Å². The lowest BCUT2D eigenvalue weighted by atomic mass is 10.2. The Morgan fingerprint density at radius 1 is 1.50 bits per heavy atom. The summed E-state index contributed by atoms with van der Waals surface area (Å²) in [5.41, 5.74) is 1.20.